The summed E-state index contributed by atoms with van der Waals surface area (Å²) < 4.78 is 15.0. The number of rotatable bonds is 4. The highest BCUT2D eigenvalue weighted by molar-refractivity contribution is 5.94. The molecule has 1 aliphatic carbocycles. The molecule has 0 unspecified atom stereocenters. The second kappa shape index (κ2) is 6.75. The van der Waals surface area contributed by atoms with Crippen molar-refractivity contribution in [3.63, 3.8) is 0 Å². The van der Waals surface area contributed by atoms with Crippen molar-refractivity contribution >= 4 is 5.91 Å². The summed E-state index contributed by atoms with van der Waals surface area (Å²) in [4.78, 5) is 12.7. The number of benzene rings is 2. The van der Waals surface area contributed by atoms with Gasteiger partial charge in [0, 0.05) is 17.8 Å². The van der Waals surface area contributed by atoms with Gasteiger partial charge in [-0.05, 0) is 61.6 Å². The fourth-order valence-electron chi connectivity index (χ4n) is 3.48. The SMILES string of the molecule is Cc1ccccc1CNC(=O)c1nn(-c2ccc(F)cc2)c2c1CCC2. The molecule has 4 nitrogen and oxygen atoms in total. The molecule has 132 valence electrons. The molecule has 0 saturated carbocycles. The fourth-order valence-corrected chi connectivity index (χ4v) is 3.48. The quantitative estimate of drug-likeness (QED) is 0.780. The van der Waals surface area contributed by atoms with Gasteiger partial charge >= 0.3 is 0 Å². The molecule has 0 fully saturated rings. The van der Waals surface area contributed by atoms with Crippen molar-refractivity contribution in [2.45, 2.75) is 32.7 Å². The lowest BCUT2D eigenvalue weighted by Gasteiger charge is -2.07. The molecule has 0 saturated heterocycles. The maximum Gasteiger partial charge on any atom is 0.272 e. The Morgan fingerprint density at radius 3 is 2.69 bits per heavy atom. The number of fused-ring (bicyclic) bond motifs is 1. The summed E-state index contributed by atoms with van der Waals surface area (Å²) in [5, 5.41) is 7.53. The van der Waals surface area contributed by atoms with Gasteiger partial charge in [0.05, 0.1) is 5.69 Å². The van der Waals surface area contributed by atoms with Crippen molar-refractivity contribution in [3.8, 4) is 5.69 Å². The predicted molar refractivity (Wildman–Crippen MR) is 97.9 cm³/mol. The zero-order valence-electron chi connectivity index (χ0n) is 14.6. The van der Waals surface area contributed by atoms with Crippen molar-refractivity contribution in [1.82, 2.24) is 15.1 Å². The molecular weight excluding hydrogens is 329 g/mol. The van der Waals surface area contributed by atoms with Gasteiger partial charge in [-0.25, -0.2) is 9.07 Å². The number of halogens is 1. The van der Waals surface area contributed by atoms with Crippen LogP contribution < -0.4 is 5.32 Å². The Labute approximate surface area is 151 Å². The highest BCUT2D eigenvalue weighted by atomic mass is 19.1. The molecule has 2 aromatic carbocycles. The van der Waals surface area contributed by atoms with E-state index in [2.05, 4.69) is 10.4 Å². The summed E-state index contributed by atoms with van der Waals surface area (Å²) in [6.07, 6.45) is 2.74. The zero-order valence-corrected chi connectivity index (χ0v) is 14.6. The van der Waals surface area contributed by atoms with Crippen LogP contribution in [-0.2, 0) is 19.4 Å². The summed E-state index contributed by atoms with van der Waals surface area (Å²) in [5.74, 6) is -0.444. The largest absolute Gasteiger partial charge is 0.347 e. The maximum absolute atomic E-state index is 13.2. The molecule has 0 radical (unpaired) electrons. The smallest absolute Gasteiger partial charge is 0.272 e. The average Bonchev–Trinajstić information content (AvgIpc) is 3.24. The molecule has 1 amide bonds. The fraction of sp³-hybridized carbons (Fsp3) is 0.238. The molecule has 3 aromatic rings. The molecule has 1 N–H and O–H groups in total. The van der Waals surface area contributed by atoms with E-state index in [-0.39, 0.29) is 11.7 Å². The molecule has 1 heterocycles. The molecule has 26 heavy (non-hydrogen) atoms. The molecule has 5 heteroatoms. The Bertz CT molecular complexity index is 960. The maximum atomic E-state index is 13.2. The third-order valence-corrected chi connectivity index (χ3v) is 4.92. The minimum Gasteiger partial charge on any atom is -0.347 e. The molecule has 0 bridgehead atoms. The van der Waals surface area contributed by atoms with E-state index in [0.717, 1.165) is 47.3 Å². The third-order valence-electron chi connectivity index (χ3n) is 4.92. The van der Waals surface area contributed by atoms with Gasteiger partial charge < -0.3 is 5.32 Å². The van der Waals surface area contributed by atoms with Crippen LogP contribution in [0.1, 0.15) is 39.3 Å². The van der Waals surface area contributed by atoms with Crippen LogP contribution in [0.5, 0.6) is 0 Å². The van der Waals surface area contributed by atoms with Crippen molar-refractivity contribution in [3.05, 3.63) is 82.4 Å². The van der Waals surface area contributed by atoms with Crippen molar-refractivity contribution in [2.75, 3.05) is 0 Å². The molecule has 0 atom stereocenters. The third kappa shape index (κ3) is 3.01. The Morgan fingerprint density at radius 2 is 1.92 bits per heavy atom. The molecule has 0 spiro atoms. The van der Waals surface area contributed by atoms with E-state index in [9.17, 15) is 9.18 Å². The second-order valence-electron chi connectivity index (χ2n) is 6.62. The Hall–Kier alpha value is -2.95. The van der Waals surface area contributed by atoms with Crippen LogP contribution in [0.2, 0.25) is 0 Å². The number of nitrogens with zero attached hydrogens (tertiary/aromatic N) is 2. The second-order valence-corrected chi connectivity index (χ2v) is 6.62. The molecule has 0 aliphatic heterocycles. The number of nitrogens with one attached hydrogen (secondary N) is 1. The molecule has 1 aliphatic rings. The lowest BCUT2D eigenvalue weighted by Crippen LogP contribution is -2.24. The number of aryl methyl sites for hydroxylation is 1. The minimum atomic E-state index is -0.284. The van der Waals surface area contributed by atoms with Gasteiger partial charge in [0.15, 0.2) is 5.69 Å². The summed E-state index contributed by atoms with van der Waals surface area (Å²) in [6, 6.07) is 14.2. The van der Waals surface area contributed by atoms with E-state index in [1.807, 2.05) is 31.2 Å². The topological polar surface area (TPSA) is 46.9 Å². The number of aromatic nitrogens is 2. The van der Waals surface area contributed by atoms with Crippen LogP contribution in [0.15, 0.2) is 48.5 Å². The minimum absolute atomic E-state index is 0.160. The van der Waals surface area contributed by atoms with E-state index < -0.39 is 0 Å². The van der Waals surface area contributed by atoms with Crippen LogP contribution in [0.25, 0.3) is 5.69 Å². The van der Waals surface area contributed by atoms with Gasteiger partial charge in [-0.2, -0.15) is 5.10 Å². The number of carbonyl (C=O) groups excluding carboxylic acids is 1. The van der Waals surface area contributed by atoms with Gasteiger partial charge in [-0.3, -0.25) is 4.79 Å². The van der Waals surface area contributed by atoms with Gasteiger partial charge in [-0.15, -0.1) is 0 Å². The van der Waals surface area contributed by atoms with E-state index in [0.29, 0.717) is 12.2 Å². The van der Waals surface area contributed by atoms with E-state index in [1.54, 1.807) is 16.8 Å². The summed E-state index contributed by atoms with van der Waals surface area (Å²) in [5.41, 5.74) is 5.57. The normalized spacial score (nSPS) is 12.8. The number of amides is 1. The first-order valence-electron chi connectivity index (χ1n) is 8.83. The standard InChI is InChI=1S/C21H20FN3O/c1-14-5-2-3-6-15(14)13-23-21(26)20-18-7-4-8-19(18)25(24-20)17-11-9-16(22)10-12-17/h2-3,5-6,9-12H,4,7-8,13H2,1H3,(H,23,26). The van der Waals surface area contributed by atoms with Crippen LogP contribution in [-0.4, -0.2) is 15.7 Å². The van der Waals surface area contributed by atoms with Crippen molar-refractivity contribution in [2.24, 2.45) is 0 Å². The summed E-state index contributed by atoms with van der Waals surface area (Å²) in [6.45, 7) is 2.51. The van der Waals surface area contributed by atoms with Crippen LogP contribution >= 0.6 is 0 Å². The lowest BCUT2D eigenvalue weighted by molar-refractivity contribution is 0.0944. The highest BCUT2D eigenvalue weighted by Crippen LogP contribution is 2.28. The van der Waals surface area contributed by atoms with Crippen LogP contribution in [0.4, 0.5) is 4.39 Å². The van der Waals surface area contributed by atoms with Gasteiger partial charge in [0.1, 0.15) is 5.82 Å². The van der Waals surface area contributed by atoms with Crippen molar-refractivity contribution < 1.29 is 9.18 Å². The number of hydrogen-bond donors (Lipinski definition) is 1. The average molecular weight is 349 g/mol. The first-order chi connectivity index (χ1) is 12.6. The molecule has 4 rings (SSSR count). The Balaban J connectivity index is 1.61. The molecular formula is C21H20FN3O. The highest BCUT2D eigenvalue weighted by Gasteiger charge is 2.26. The van der Waals surface area contributed by atoms with E-state index in [4.69, 9.17) is 0 Å². The number of carbonyl (C=O) groups is 1. The van der Waals surface area contributed by atoms with Gasteiger partial charge in [0.25, 0.3) is 5.91 Å². The first kappa shape index (κ1) is 16.5. The monoisotopic (exact) mass is 349 g/mol. The molecule has 1 aromatic heterocycles. The Morgan fingerprint density at radius 1 is 1.15 bits per heavy atom. The number of hydrogen-bond acceptors (Lipinski definition) is 2. The predicted octanol–water partition coefficient (Wildman–Crippen LogP) is 3.74. The first-order valence-corrected chi connectivity index (χ1v) is 8.83. The van der Waals surface area contributed by atoms with E-state index in [1.165, 1.54) is 12.1 Å². The van der Waals surface area contributed by atoms with Crippen LogP contribution in [0.3, 0.4) is 0 Å². The van der Waals surface area contributed by atoms with E-state index >= 15 is 0 Å². The summed E-state index contributed by atoms with van der Waals surface area (Å²) >= 11 is 0. The van der Waals surface area contributed by atoms with Gasteiger partial charge in [0.2, 0.25) is 0 Å². The van der Waals surface area contributed by atoms with Gasteiger partial charge in [-0.1, -0.05) is 24.3 Å². The van der Waals surface area contributed by atoms with Crippen molar-refractivity contribution in [1.29, 1.82) is 0 Å². The van der Waals surface area contributed by atoms with Crippen LogP contribution in [0, 0.1) is 12.7 Å². The lowest BCUT2D eigenvalue weighted by atomic mass is 10.1. The zero-order chi connectivity index (χ0) is 18.1. The Kier molecular flexibility index (Phi) is 4.29. The summed E-state index contributed by atoms with van der Waals surface area (Å²) in [7, 11) is 0.